The van der Waals surface area contributed by atoms with Crippen molar-refractivity contribution in [2.75, 3.05) is 20.1 Å². The molecular weight excluding hydrogens is 459 g/mol. The van der Waals surface area contributed by atoms with Gasteiger partial charge in [-0.15, -0.1) is 11.3 Å². The van der Waals surface area contributed by atoms with Crippen LogP contribution >= 0.6 is 11.3 Å². The number of halogens is 1. The van der Waals surface area contributed by atoms with Gasteiger partial charge < -0.3 is 14.8 Å². The van der Waals surface area contributed by atoms with Crippen molar-refractivity contribution in [3.8, 4) is 0 Å². The van der Waals surface area contributed by atoms with Gasteiger partial charge >= 0.3 is 0 Å². The number of rotatable bonds is 7. The Labute approximate surface area is 208 Å². The van der Waals surface area contributed by atoms with E-state index in [1.807, 2.05) is 18.0 Å². The van der Waals surface area contributed by atoms with Crippen molar-refractivity contribution in [2.45, 2.75) is 38.6 Å². The van der Waals surface area contributed by atoms with E-state index in [0.29, 0.717) is 30.6 Å². The van der Waals surface area contributed by atoms with Gasteiger partial charge in [-0.1, -0.05) is 18.2 Å². The maximum Gasteiger partial charge on any atom is 0.274 e. The third-order valence-corrected chi connectivity index (χ3v) is 8.33. The largest absolute Gasteiger partial charge is 0.366 e. The Morgan fingerprint density at radius 2 is 2.20 bits per heavy atom. The Hall–Kier alpha value is -3.19. The molecule has 1 atom stereocenters. The monoisotopic (exact) mass is 488 g/mol. The van der Waals surface area contributed by atoms with Crippen LogP contribution in [0.25, 0.3) is 16.6 Å². The highest BCUT2D eigenvalue weighted by atomic mass is 32.1. The number of aromatic nitrogens is 2. The van der Waals surface area contributed by atoms with Crippen molar-refractivity contribution in [1.82, 2.24) is 19.8 Å². The molecule has 0 saturated heterocycles. The zero-order valence-electron chi connectivity index (χ0n) is 20.1. The van der Waals surface area contributed by atoms with Gasteiger partial charge in [0.15, 0.2) is 0 Å². The summed E-state index contributed by atoms with van der Waals surface area (Å²) in [4.78, 5) is 27.1. The molecule has 35 heavy (non-hydrogen) atoms. The standard InChI is InChI=1S/C28H29FN4OS/c1-17-31-26(27(35-17)25-13-19-5-3-4-6-24(19)32(25)2)28(34)33(16-18-7-8-18)12-11-20-15-30-23-10-9-21(29)14-22(20)23/h3-5,9-10,13-15,18,24,30H,6-8,11-12,16H2,1-2H3. The first-order valence-electron chi connectivity index (χ1n) is 12.3. The van der Waals surface area contributed by atoms with Gasteiger partial charge in [-0.2, -0.15) is 0 Å². The van der Waals surface area contributed by atoms with Crippen LogP contribution in [-0.4, -0.2) is 51.9 Å². The van der Waals surface area contributed by atoms with Crippen molar-refractivity contribution in [3.63, 3.8) is 0 Å². The van der Waals surface area contributed by atoms with E-state index in [4.69, 9.17) is 4.98 Å². The second kappa shape index (κ2) is 8.79. The molecule has 1 saturated carbocycles. The van der Waals surface area contributed by atoms with Gasteiger partial charge in [0.25, 0.3) is 5.91 Å². The minimum atomic E-state index is -0.244. The van der Waals surface area contributed by atoms with E-state index in [1.165, 1.54) is 24.5 Å². The molecule has 1 unspecified atom stereocenters. The molecule has 3 heterocycles. The molecular formula is C28H29FN4OS. The first-order valence-corrected chi connectivity index (χ1v) is 13.1. The third kappa shape index (κ3) is 4.22. The van der Waals surface area contributed by atoms with E-state index >= 15 is 0 Å². The van der Waals surface area contributed by atoms with Crippen LogP contribution in [0, 0.1) is 18.7 Å². The molecule has 1 amide bonds. The van der Waals surface area contributed by atoms with E-state index in [0.717, 1.165) is 45.0 Å². The number of nitrogens with one attached hydrogen (secondary N) is 1. The molecule has 5 nitrogen and oxygen atoms in total. The highest BCUT2D eigenvalue weighted by molar-refractivity contribution is 7.13. The zero-order chi connectivity index (χ0) is 24.1. The summed E-state index contributed by atoms with van der Waals surface area (Å²) in [5, 5.41) is 1.79. The summed E-state index contributed by atoms with van der Waals surface area (Å²) < 4.78 is 13.9. The number of thiazole rings is 1. The third-order valence-electron chi connectivity index (χ3n) is 7.33. The molecule has 0 bridgehead atoms. The molecule has 2 aliphatic carbocycles. The topological polar surface area (TPSA) is 52.2 Å². The number of carbonyl (C=O) groups excluding carboxylic acids is 1. The fourth-order valence-corrected chi connectivity index (χ4v) is 6.18. The number of aromatic amines is 1. The van der Waals surface area contributed by atoms with Crippen molar-refractivity contribution in [3.05, 3.63) is 81.2 Å². The number of benzene rings is 1. The quantitative estimate of drug-likeness (QED) is 0.464. The number of hydrogen-bond donors (Lipinski definition) is 1. The SMILES string of the molecule is Cc1nc(C(=O)N(CCc2c[nH]c3ccc(F)cc23)CC2CC2)c(C2=CC3=CC=CCC3N2C)s1. The van der Waals surface area contributed by atoms with Gasteiger partial charge in [0.2, 0.25) is 0 Å². The number of likely N-dealkylation sites (N-methyl/N-ethyl adjacent to an activating group) is 1. The fraction of sp³-hybridized carbons (Fsp3) is 0.357. The van der Waals surface area contributed by atoms with Gasteiger partial charge in [-0.3, -0.25) is 4.79 Å². The average Bonchev–Trinajstić information content (AvgIpc) is 3.32. The van der Waals surface area contributed by atoms with E-state index in [2.05, 4.69) is 41.2 Å². The second-order valence-electron chi connectivity index (χ2n) is 9.85. The first-order chi connectivity index (χ1) is 17.0. The number of allylic oxidation sites excluding steroid dienone is 2. The summed E-state index contributed by atoms with van der Waals surface area (Å²) in [6, 6.07) is 5.13. The first kappa shape index (κ1) is 22.3. The lowest BCUT2D eigenvalue weighted by atomic mass is 10.0. The highest BCUT2D eigenvalue weighted by Crippen LogP contribution is 2.39. The van der Waals surface area contributed by atoms with Crippen LogP contribution in [0.4, 0.5) is 4.39 Å². The second-order valence-corrected chi connectivity index (χ2v) is 11.0. The summed E-state index contributed by atoms with van der Waals surface area (Å²) in [5.74, 6) is 0.320. The zero-order valence-corrected chi connectivity index (χ0v) is 20.9. The summed E-state index contributed by atoms with van der Waals surface area (Å²) in [5.41, 5.74) is 4.88. The normalized spacial score (nSPS) is 19.2. The number of fused-ring (bicyclic) bond motifs is 2. The molecule has 180 valence electrons. The Morgan fingerprint density at radius 3 is 3.00 bits per heavy atom. The fourth-order valence-electron chi connectivity index (χ4n) is 5.21. The highest BCUT2D eigenvalue weighted by Gasteiger charge is 2.34. The number of H-pyrrole nitrogens is 1. The predicted molar refractivity (Wildman–Crippen MR) is 139 cm³/mol. The molecule has 3 aliphatic rings. The van der Waals surface area contributed by atoms with E-state index in [-0.39, 0.29) is 11.7 Å². The minimum Gasteiger partial charge on any atom is -0.366 e. The summed E-state index contributed by atoms with van der Waals surface area (Å²) in [7, 11) is 2.11. The molecule has 3 aromatic rings. The van der Waals surface area contributed by atoms with E-state index < -0.39 is 0 Å². The van der Waals surface area contributed by atoms with E-state index in [9.17, 15) is 9.18 Å². The van der Waals surface area contributed by atoms with Gasteiger partial charge in [0.05, 0.1) is 21.6 Å². The average molecular weight is 489 g/mol. The molecule has 1 N–H and O–H groups in total. The van der Waals surface area contributed by atoms with Crippen molar-refractivity contribution >= 4 is 33.8 Å². The lowest BCUT2D eigenvalue weighted by molar-refractivity contribution is 0.0744. The Balaban J connectivity index is 1.28. The smallest absolute Gasteiger partial charge is 0.274 e. The minimum absolute atomic E-state index is 0.00134. The Kier molecular flexibility index (Phi) is 5.60. The van der Waals surface area contributed by atoms with Crippen LogP contribution in [0.2, 0.25) is 0 Å². The lowest BCUT2D eigenvalue weighted by Crippen LogP contribution is -2.36. The number of amides is 1. The summed E-state index contributed by atoms with van der Waals surface area (Å²) >= 11 is 1.60. The molecule has 1 aromatic carbocycles. The summed E-state index contributed by atoms with van der Waals surface area (Å²) in [6.07, 6.45) is 14.6. The molecule has 0 spiro atoms. The van der Waals surface area contributed by atoms with E-state index in [1.54, 1.807) is 23.5 Å². The van der Waals surface area contributed by atoms with Gasteiger partial charge in [0.1, 0.15) is 11.5 Å². The molecule has 7 heteroatoms. The Bertz CT molecular complexity index is 1390. The van der Waals surface area contributed by atoms with Crippen LogP contribution in [0.5, 0.6) is 0 Å². The number of hydrogen-bond acceptors (Lipinski definition) is 4. The molecule has 0 radical (unpaired) electrons. The van der Waals surface area contributed by atoms with Crippen molar-refractivity contribution in [2.24, 2.45) is 5.92 Å². The summed E-state index contributed by atoms with van der Waals surface area (Å²) in [6.45, 7) is 3.31. The lowest BCUT2D eigenvalue weighted by Gasteiger charge is -2.27. The number of carbonyl (C=O) groups is 1. The van der Waals surface area contributed by atoms with Crippen LogP contribution in [-0.2, 0) is 6.42 Å². The molecule has 6 rings (SSSR count). The maximum absolute atomic E-state index is 13.9. The van der Waals surface area contributed by atoms with Crippen LogP contribution in [0.15, 0.2) is 54.3 Å². The molecule has 1 fully saturated rings. The van der Waals surface area contributed by atoms with Crippen molar-refractivity contribution < 1.29 is 9.18 Å². The van der Waals surface area contributed by atoms with Crippen LogP contribution < -0.4 is 0 Å². The van der Waals surface area contributed by atoms with Crippen LogP contribution in [0.1, 0.15) is 45.2 Å². The van der Waals surface area contributed by atoms with Crippen molar-refractivity contribution in [1.29, 1.82) is 0 Å². The molecule has 1 aliphatic heterocycles. The predicted octanol–water partition coefficient (Wildman–Crippen LogP) is 5.71. The Morgan fingerprint density at radius 1 is 1.34 bits per heavy atom. The van der Waals surface area contributed by atoms with Gasteiger partial charge in [-0.25, -0.2) is 9.37 Å². The van der Waals surface area contributed by atoms with Gasteiger partial charge in [0, 0.05) is 37.2 Å². The van der Waals surface area contributed by atoms with Crippen LogP contribution in [0.3, 0.4) is 0 Å². The number of aryl methyl sites for hydroxylation is 1. The maximum atomic E-state index is 13.9. The molecule has 2 aromatic heterocycles. The van der Waals surface area contributed by atoms with Gasteiger partial charge in [-0.05, 0) is 73.9 Å². The number of nitrogens with zero attached hydrogens (tertiary/aromatic N) is 3.